The second-order valence-electron chi connectivity index (χ2n) is 4.48. The van der Waals surface area contributed by atoms with Gasteiger partial charge in [0.15, 0.2) is 0 Å². The van der Waals surface area contributed by atoms with E-state index in [1.165, 1.54) is 12.1 Å². The van der Waals surface area contributed by atoms with Crippen LogP contribution in [0.5, 0.6) is 0 Å². The van der Waals surface area contributed by atoms with Gasteiger partial charge in [0.05, 0.1) is 4.92 Å². The molecule has 5 nitrogen and oxygen atoms in total. The zero-order valence-electron chi connectivity index (χ0n) is 10.6. The first kappa shape index (κ1) is 12.3. The number of benzene rings is 2. The molecule has 0 aromatic heterocycles. The summed E-state index contributed by atoms with van der Waals surface area (Å²) >= 11 is 0. The van der Waals surface area contributed by atoms with Crippen LogP contribution < -0.4 is 0 Å². The normalized spacial score (nSPS) is 17.4. The van der Waals surface area contributed by atoms with E-state index in [1.807, 2.05) is 30.3 Å². The van der Waals surface area contributed by atoms with Crippen LogP contribution in [-0.4, -0.2) is 17.4 Å². The molecule has 1 aliphatic heterocycles. The molecular formula is C15H12N2O3. The first-order chi connectivity index (χ1) is 9.74. The van der Waals surface area contributed by atoms with E-state index in [1.54, 1.807) is 12.1 Å². The van der Waals surface area contributed by atoms with Crippen molar-refractivity contribution in [1.82, 2.24) is 0 Å². The number of hydrogen-bond acceptors (Lipinski definition) is 4. The van der Waals surface area contributed by atoms with Crippen molar-refractivity contribution in [3.8, 4) is 0 Å². The number of rotatable bonds is 3. The molecule has 1 atom stereocenters. The summed E-state index contributed by atoms with van der Waals surface area (Å²) in [5.74, 6) is 0.619. The molecule has 1 unspecified atom stereocenters. The topological polar surface area (TPSA) is 64.7 Å². The molecule has 20 heavy (non-hydrogen) atoms. The number of nitro groups is 1. The van der Waals surface area contributed by atoms with Gasteiger partial charge in [0.2, 0.25) is 5.90 Å². The molecule has 0 amide bonds. The van der Waals surface area contributed by atoms with Gasteiger partial charge in [-0.15, -0.1) is 0 Å². The average molecular weight is 268 g/mol. The van der Waals surface area contributed by atoms with Crippen LogP contribution in [0.1, 0.15) is 17.2 Å². The van der Waals surface area contributed by atoms with Crippen LogP contribution in [0, 0.1) is 10.1 Å². The maximum atomic E-state index is 10.6. The third-order valence-electron chi connectivity index (χ3n) is 3.16. The van der Waals surface area contributed by atoms with Crippen LogP contribution >= 0.6 is 0 Å². The molecule has 0 aliphatic carbocycles. The van der Waals surface area contributed by atoms with Crippen molar-refractivity contribution >= 4 is 11.6 Å². The fourth-order valence-corrected chi connectivity index (χ4v) is 2.10. The predicted octanol–water partition coefficient (Wildman–Crippen LogP) is 3.11. The Morgan fingerprint density at radius 1 is 1.10 bits per heavy atom. The largest absolute Gasteiger partial charge is 0.475 e. The fourth-order valence-electron chi connectivity index (χ4n) is 2.10. The Bertz CT molecular complexity index is 651. The van der Waals surface area contributed by atoms with Crippen LogP contribution in [-0.2, 0) is 4.74 Å². The third-order valence-corrected chi connectivity index (χ3v) is 3.16. The highest BCUT2D eigenvalue weighted by atomic mass is 16.6. The zero-order valence-corrected chi connectivity index (χ0v) is 10.6. The van der Waals surface area contributed by atoms with E-state index in [2.05, 4.69) is 4.99 Å². The second kappa shape index (κ2) is 5.13. The Morgan fingerprint density at radius 2 is 1.80 bits per heavy atom. The molecule has 1 aliphatic rings. The van der Waals surface area contributed by atoms with Gasteiger partial charge in [-0.3, -0.25) is 10.1 Å². The van der Waals surface area contributed by atoms with E-state index in [9.17, 15) is 10.1 Å². The lowest BCUT2D eigenvalue weighted by Crippen LogP contribution is -2.00. The second-order valence-corrected chi connectivity index (χ2v) is 4.48. The van der Waals surface area contributed by atoms with Crippen LogP contribution in [0.4, 0.5) is 5.69 Å². The summed E-state index contributed by atoms with van der Waals surface area (Å²) in [4.78, 5) is 14.7. The molecule has 0 saturated carbocycles. The van der Waals surface area contributed by atoms with Crippen molar-refractivity contribution in [2.45, 2.75) is 6.04 Å². The Morgan fingerprint density at radius 3 is 2.45 bits per heavy atom. The van der Waals surface area contributed by atoms with E-state index in [0.717, 1.165) is 11.1 Å². The molecule has 0 fully saturated rings. The van der Waals surface area contributed by atoms with Gasteiger partial charge in [0.25, 0.3) is 5.69 Å². The molecule has 0 spiro atoms. The van der Waals surface area contributed by atoms with Crippen LogP contribution in [0.3, 0.4) is 0 Å². The summed E-state index contributed by atoms with van der Waals surface area (Å²) in [6.45, 7) is 0.460. The molecular weight excluding hydrogens is 256 g/mol. The van der Waals surface area contributed by atoms with Gasteiger partial charge in [0.1, 0.15) is 12.6 Å². The lowest BCUT2D eigenvalue weighted by molar-refractivity contribution is -0.384. The minimum Gasteiger partial charge on any atom is -0.475 e. The fraction of sp³-hybridized carbons (Fsp3) is 0.133. The van der Waals surface area contributed by atoms with Gasteiger partial charge < -0.3 is 4.74 Å². The van der Waals surface area contributed by atoms with Crippen molar-refractivity contribution in [3.05, 3.63) is 75.8 Å². The van der Waals surface area contributed by atoms with E-state index in [4.69, 9.17) is 4.74 Å². The van der Waals surface area contributed by atoms with Gasteiger partial charge in [-0.05, 0) is 29.8 Å². The van der Waals surface area contributed by atoms with E-state index >= 15 is 0 Å². The van der Waals surface area contributed by atoms with Gasteiger partial charge >= 0.3 is 0 Å². The minimum atomic E-state index is -0.409. The highest BCUT2D eigenvalue weighted by molar-refractivity contribution is 5.95. The smallest absolute Gasteiger partial charge is 0.269 e. The predicted molar refractivity (Wildman–Crippen MR) is 74.8 cm³/mol. The summed E-state index contributed by atoms with van der Waals surface area (Å²) in [6.07, 6.45) is 0. The molecule has 2 aromatic carbocycles. The third kappa shape index (κ3) is 2.38. The molecule has 100 valence electrons. The van der Waals surface area contributed by atoms with Gasteiger partial charge in [0, 0.05) is 17.7 Å². The van der Waals surface area contributed by atoms with Gasteiger partial charge in [-0.1, -0.05) is 18.2 Å². The van der Waals surface area contributed by atoms with E-state index < -0.39 is 4.92 Å². The number of aliphatic imine (C=N–C) groups is 1. The molecule has 0 N–H and O–H groups in total. The van der Waals surface area contributed by atoms with Crippen LogP contribution in [0.25, 0.3) is 0 Å². The lowest BCUT2D eigenvalue weighted by Gasteiger charge is -2.04. The maximum absolute atomic E-state index is 10.6. The summed E-state index contributed by atoms with van der Waals surface area (Å²) in [7, 11) is 0. The van der Waals surface area contributed by atoms with E-state index in [0.29, 0.717) is 12.5 Å². The van der Waals surface area contributed by atoms with Crippen molar-refractivity contribution in [1.29, 1.82) is 0 Å². The van der Waals surface area contributed by atoms with Crippen molar-refractivity contribution in [2.75, 3.05) is 6.61 Å². The van der Waals surface area contributed by atoms with Crippen LogP contribution in [0.2, 0.25) is 0 Å². The molecule has 2 aromatic rings. The summed E-state index contributed by atoms with van der Waals surface area (Å²) in [5, 5.41) is 10.6. The number of nitro benzene ring substituents is 1. The molecule has 5 heteroatoms. The standard InChI is InChI=1S/C15H12N2O3/c18-17(19)13-8-6-11(7-9-13)14-10-20-15(16-14)12-4-2-1-3-5-12/h1-9,14H,10H2. The maximum Gasteiger partial charge on any atom is 0.269 e. The quantitative estimate of drug-likeness (QED) is 0.634. The van der Waals surface area contributed by atoms with Gasteiger partial charge in [-0.25, -0.2) is 4.99 Å². The zero-order chi connectivity index (χ0) is 13.9. The number of ether oxygens (including phenoxy) is 1. The first-order valence-electron chi connectivity index (χ1n) is 6.24. The molecule has 1 heterocycles. The monoisotopic (exact) mass is 268 g/mol. The van der Waals surface area contributed by atoms with Gasteiger partial charge in [-0.2, -0.15) is 0 Å². The molecule has 0 saturated heterocycles. The number of non-ortho nitro benzene ring substituents is 1. The molecule has 3 rings (SSSR count). The number of nitrogens with zero attached hydrogens (tertiary/aromatic N) is 2. The Labute approximate surface area is 115 Å². The van der Waals surface area contributed by atoms with Crippen molar-refractivity contribution < 1.29 is 9.66 Å². The Balaban J connectivity index is 1.82. The van der Waals surface area contributed by atoms with Crippen molar-refractivity contribution in [2.24, 2.45) is 4.99 Å². The summed E-state index contributed by atoms with van der Waals surface area (Å²) < 4.78 is 5.60. The Hall–Kier alpha value is -2.69. The van der Waals surface area contributed by atoms with Crippen molar-refractivity contribution in [3.63, 3.8) is 0 Å². The molecule has 0 bridgehead atoms. The SMILES string of the molecule is O=[N+]([O-])c1ccc(C2COC(c3ccccc3)=N2)cc1. The molecule has 0 radical (unpaired) electrons. The minimum absolute atomic E-state index is 0.0833. The first-order valence-corrected chi connectivity index (χ1v) is 6.24. The number of hydrogen-bond donors (Lipinski definition) is 0. The summed E-state index contributed by atoms with van der Waals surface area (Å²) in [5.41, 5.74) is 1.94. The van der Waals surface area contributed by atoms with E-state index in [-0.39, 0.29) is 11.7 Å². The Kier molecular flexibility index (Phi) is 3.16. The average Bonchev–Trinajstić information content (AvgIpc) is 2.98. The summed E-state index contributed by atoms with van der Waals surface area (Å²) in [6, 6.07) is 16.0. The lowest BCUT2D eigenvalue weighted by atomic mass is 10.1. The van der Waals surface area contributed by atoms with Crippen LogP contribution in [0.15, 0.2) is 59.6 Å². The highest BCUT2D eigenvalue weighted by Crippen LogP contribution is 2.26. The highest BCUT2D eigenvalue weighted by Gasteiger charge is 2.22.